The number of hydrogen-bond acceptors (Lipinski definition) is 2. The number of aryl methyl sites for hydroxylation is 1. The summed E-state index contributed by atoms with van der Waals surface area (Å²) >= 11 is 3.53. The fraction of sp³-hybridized carbons (Fsp3) is 0.250. The lowest BCUT2D eigenvalue weighted by molar-refractivity contribution is 0.321. The molecule has 0 fully saturated rings. The molecule has 0 radical (unpaired) electrons. The van der Waals surface area contributed by atoms with Gasteiger partial charge in [-0.2, -0.15) is 0 Å². The minimum Gasteiger partial charge on any atom is -0.491 e. The van der Waals surface area contributed by atoms with Crippen LogP contribution in [0.3, 0.4) is 0 Å². The van der Waals surface area contributed by atoms with E-state index >= 15 is 0 Å². The highest BCUT2D eigenvalue weighted by molar-refractivity contribution is 9.10. The Morgan fingerprint density at radius 1 is 1.20 bits per heavy atom. The van der Waals surface area contributed by atoms with Gasteiger partial charge in [0.05, 0.1) is 6.61 Å². The molecule has 0 saturated carbocycles. The lowest BCUT2D eigenvalue weighted by Crippen LogP contribution is -2.02. The summed E-state index contributed by atoms with van der Waals surface area (Å²) in [5.74, 6) is -0.0608. The molecule has 2 aromatic rings. The molecule has 0 aliphatic carbocycles. The Balaban J connectivity index is 2.05. The second kappa shape index (κ2) is 6.75. The molecule has 0 spiro atoms. The van der Waals surface area contributed by atoms with Gasteiger partial charge in [-0.05, 0) is 43.2 Å². The molecular formula is C16H17BrFNO. The van der Waals surface area contributed by atoms with Crippen molar-refractivity contribution in [1.82, 2.24) is 0 Å². The molecule has 0 aliphatic rings. The largest absolute Gasteiger partial charge is 0.491 e. The molecule has 0 bridgehead atoms. The highest BCUT2D eigenvalue weighted by Gasteiger charge is 2.05. The Hall–Kier alpha value is -1.55. The van der Waals surface area contributed by atoms with Gasteiger partial charge < -0.3 is 10.1 Å². The molecule has 1 N–H and O–H groups in total. The van der Waals surface area contributed by atoms with Gasteiger partial charge in [0.2, 0.25) is 0 Å². The molecule has 20 heavy (non-hydrogen) atoms. The summed E-state index contributed by atoms with van der Waals surface area (Å²) in [6.07, 6.45) is 0. The lowest BCUT2D eigenvalue weighted by atomic mass is 10.1. The van der Waals surface area contributed by atoms with E-state index in [4.69, 9.17) is 4.74 Å². The Labute approximate surface area is 127 Å². The van der Waals surface area contributed by atoms with Gasteiger partial charge >= 0.3 is 0 Å². The Bertz CT molecular complexity index is 601. The molecule has 0 amide bonds. The van der Waals surface area contributed by atoms with Crippen molar-refractivity contribution in [2.24, 2.45) is 0 Å². The molecule has 2 rings (SSSR count). The van der Waals surface area contributed by atoms with Crippen LogP contribution in [0.4, 0.5) is 10.1 Å². The first-order valence-corrected chi connectivity index (χ1v) is 7.30. The third kappa shape index (κ3) is 3.73. The SMILES string of the molecule is CCOc1ccc(NCc2ccc(C)cc2Br)cc1F. The average Bonchev–Trinajstić information content (AvgIpc) is 2.41. The molecule has 0 atom stereocenters. The first kappa shape index (κ1) is 14.9. The highest BCUT2D eigenvalue weighted by atomic mass is 79.9. The zero-order valence-electron chi connectivity index (χ0n) is 11.5. The van der Waals surface area contributed by atoms with Crippen LogP contribution in [0.15, 0.2) is 40.9 Å². The van der Waals surface area contributed by atoms with Crippen molar-refractivity contribution >= 4 is 21.6 Å². The number of anilines is 1. The van der Waals surface area contributed by atoms with E-state index in [2.05, 4.69) is 39.4 Å². The summed E-state index contributed by atoms with van der Waals surface area (Å²) in [6, 6.07) is 11.1. The first-order valence-electron chi connectivity index (χ1n) is 6.51. The van der Waals surface area contributed by atoms with Gasteiger partial charge in [0.25, 0.3) is 0 Å². The van der Waals surface area contributed by atoms with Crippen LogP contribution in [0.25, 0.3) is 0 Å². The maximum atomic E-state index is 13.7. The van der Waals surface area contributed by atoms with Gasteiger partial charge in [-0.3, -0.25) is 0 Å². The summed E-state index contributed by atoms with van der Waals surface area (Å²) in [6.45, 7) is 4.97. The number of nitrogens with one attached hydrogen (secondary N) is 1. The van der Waals surface area contributed by atoms with Crippen LogP contribution in [-0.4, -0.2) is 6.61 Å². The molecular weight excluding hydrogens is 321 g/mol. The van der Waals surface area contributed by atoms with E-state index in [0.29, 0.717) is 13.2 Å². The van der Waals surface area contributed by atoms with Gasteiger partial charge in [-0.1, -0.05) is 28.1 Å². The monoisotopic (exact) mass is 337 g/mol. The molecule has 2 aromatic carbocycles. The number of hydrogen-bond donors (Lipinski definition) is 1. The van der Waals surface area contributed by atoms with E-state index in [9.17, 15) is 4.39 Å². The van der Waals surface area contributed by atoms with E-state index in [1.807, 2.05) is 19.9 Å². The maximum Gasteiger partial charge on any atom is 0.167 e. The summed E-state index contributed by atoms with van der Waals surface area (Å²) in [7, 11) is 0. The van der Waals surface area contributed by atoms with Crippen molar-refractivity contribution in [3.8, 4) is 5.75 Å². The Morgan fingerprint density at radius 2 is 2.00 bits per heavy atom. The number of benzene rings is 2. The maximum absolute atomic E-state index is 13.7. The van der Waals surface area contributed by atoms with E-state index in [1.165, 1.54) is 11.6 Å². The minimum atomic E-state index is -0.347. The van der Waals surface area contributed by atoms with Gasteiger partial charge in [-0.15, -0.1) is 0 Å². The van der Waals surface area contributed by atoms with Gasteiger partial charge in [0, 0.05) is 22.8 Å². The summed E-state index contributed by atoms with van der Waals surface area (Å²) < 4.78 is 19.9. The van der Waals surface area contributed by atoms with Crippen molar-refractivity contribution < 1.29 is 9.13 Å². The molecule has 0 saturated heterocycles. The van der Waals surface area contributed by atoms with Crippen LogP contribution < -0.4 is 10.1 Å². The molecule has 0 unspecified atom stereocenters. The predicted octanol–water partition coefficient (Wildman–Crippen LogP) is 4.91. The normalized spacial score (nSPS) is 10.4. The van der Waals surface area contributed by atoms with Gasteiger partial charge in [-0.25, -0.2) is 4.39 Å². The van der Waals surface area contributed by atoms with Crippen LogP contribution >= 0.6 is 15.9 Å². The van der Waals surface area contributed by atoms with Gasteiger partial charge in [0.15, 0.2) is 11.6 Å². The molecule has 2 nitrogen and oxygen atoms in total. The Kier molecular flexibility index (Phi) is 5.01. The van der Waals surface area contributed by atoms with Crippen molar-refractivity contribution in [2.75, 3.05) is 11.9 Å². The summed E-state index contributed by atoms with van der Waals surface area (Å²) in [5.41, 5.74) is 3.07. The molecule has 106 valence electrons. The van der Waals surface area contributed by atoms with Crippen LogP contribution in [0.5, 0.6) is 5.75 Å². The molecule has 0 aromatic heterocycles. The van der Waals surface area contributed by atoms with Crippen molar-refractivity contribution in [1.29, 1.82) is 0 Å². The van der Waals surface area contributed by atoms with Crippen molar-refractivity contribution in [3.63, 3.8) is 0 Å². The summed E-state index contributed by atoms with van der Waals surface area (Å²) in [5, 5.41) is 3.21. The van der Waals surface area contributed by atoms with E-state index in [1.54, 1.807) is 6.07 Å². The fourth-order valence-electron chi connectivity index (χ4n) is 1.88. The zero-order chi connectivity index (χ0) is 14.5. The van der Waals surface area contributed by atoms with E-state index < -0.39 is 0 Å². The smallest absolute Gasteiger partial charge is 0.167 e. The molecule has 4 heteroatoms. The highest BCUT2D eigenvalue weighted by Crippen LogP contribution is 2.23. The standard InChI is InChI=1S/C16H17BrFNO/c1-3-20-16-7-6-13(9-15(16)18)19-10-12-5-4-11(2)8-14(12)17/h4-9,19H,3,10H2,1-2H3. The second-order valence-corrected chi connectivity index (χ2v) is 5.38. The van der Waals surface area contributed by atoms with E-state index in [0.717, 1.165) is 15.7 Å². The number of ether oxygens (including phenoxy) is 1. The second-order valence-electron chi connectivity index (χ2n) is 4.53. The Morgan fingerprint density at radius 3 is 2.65 bits per heavy atom. The molecule has 0 aliphatic heterocycles. The average molecular weight is 338 g/mol. The number of halogens is 2. The summed E-state index contributed by atoms with van der Waals surface area (Å²) in [4.78, 5) is 0. The first-order chi connectivity index (χ1) is 9.60. The fourth-order valence-corrected chi connectivity index (χ4v) is 2.51. The van der Waals surface area contributed by atoms with Crippen molar-refractivity contribution in [3.05, 3.63) is 57.8 Å². The number of rotatable bonds is 5. The van der Waals surface area contributed by atoms with Crippen LogP contribution in [0.2, 0.25) is 0 Å². The van der Waals surface area contributed by atoms with Gasteiger partial charge in [0.1, 0.15) is 0 Å². The van der Waals surface area contributed by atoms with E-state index in [-0.39, 0.29) is 11.6 Å². The topological polar surface area (TPSA) is 21.3 Å². The lowest BCUT2D eigenvalue weighted by Gasteiger charge is -2.10. The zero-order valence-corrected chi connectivity index (χ0v) is 13.1. The minimum absolute atomic E-state index is 0.287. The molecule has 0 heterocycles. The van der Waals surface area contributed by atoms with Crippen LogP contribution in [0.1, 0.15) is 18.1 Å². The third-order valence-corrected chi connectivity index (χ3v) is 3.66. The quantitative estimate of drug-likeness (QED) is 0.837. The third-order valence-electron chi connectivity index (χ3n) is 2.92. The van der Waals surface area contributed by atoms with Crippen LogP contribution in [-0.2, 0) is 6.54 Å². The van der Waals surface area contributed by atoms with Crippen LogP contribution in [0, 0.1) is 12.7 Å². The predicted molar refractivity (Wildman–Crippen MR) is 83.8 cm³/mol. The van der Waals surface area contributed by atoms with Crippen molar-refractivity contribution in [2.45, 2.75) is 20.4 Å².